The van der Waals surface area contributed by atoms with Gasteiger partial charge in [-0.2, -0.15) is 0 Å². The molecule has 0 aliphatic carbocycles. The van der Waals surface area contributed by atoms with Crippen LogP contribution in [0.5, 0.6) is 0 Å². The summed E-state index contributed by atoms with van der Waals surface area (Å²) in [7, 11) is 0. The maximum Gasteiger partial charge on any atom is 0 e. The van der Waals surface area contributed by atoms with Gasteiger partial charge in [-0.25, -0.2) is 0 Å². The normalized spacial score (nSPS) is 14.5. The maximum atomic E-state index is 13.2. The average molecular weight is 946 g/mol. The Labute approximate surface area is 336 Å². The van der Waals surface area contributed by atoms with Crippen LogP contribution in [0.25, 0.3) is 44.5 Å². The zero-order valence-electron chi connectivity index (χ0n) is 35.9. The minimum absolute atomic E-state index is 0. The number of hydrogen-bond acceptors (Lipinski definition) is 3. The number of rotatable bonds is 7. The molecule has 3 nitrogen and oxygen atoms in total. The van der Waals surface area contributed by atoms with E-state index in [4.69, 9.17) is 9.90 Å². The van der Waals surface area contributed by atoms with E-state index in [9.17, 15) is 4.39 Å². The van der Waals surface area contributed by atoms with Gasteiger partial charge in [0.05, 0.1) is 5.58 Å². The molecule has 7 rings (SSSR count). The molecule has 0 saturated heterocycles. The number of benzene rings is 4. The van der Waals surface area contributed by atoms with Crippen LogP contribution in [0.1, 0.15) is 81.1 Å². The number of nitrogens with zero attached hydrogens (tertiary/aromatic N) is 2. The van der Waals surface area contributed by atoms with Crippen molar-refractivity contribution in [3.8, 4) is 22.5 Å². The number of fused-ring (bicyclic) bond motifs is 3. The molecular formula is C47H49FGeIrN2O-2. The second-order valence-electron chi connectivity index (χ2n) is 15.5. The Morgan fingerprint density at radius 3 is 2.15 bits per heavy atom. The van der Waals surface area contributed by atoms with E-state index in [0.717, 1.165) is 55.4 Å². The Bertz CT molecular complexity index is 2500. The summed E-state index contributed by atoms with van der Waals surface area (Å²) in [5, 5.41) is 1.90. The van der Waals surface area contributed by atoms with Gasteiger partial charge in [-0.3, -0.25) is 0 Å². The van der Waals surface area contributed by atoms with Gasteiger partial charge in [0.25, 0.3) is 0 Å². The number of aromatic nitrogens is 2. The summed E-state index contributed by atoms with van der Waals surface area (Å²) in [5.41, 5.74) is 7.35. The van der Waals surface area contributed by atoms with Crippen molar-refractivity contribution in [2.75, 3.05) is 0 Å². The molecule has 0 saturated carbocycles. The second kappa shape index (κ2) is 16.6. The third-order valence-electron chi connectivity index (χ3n) is 8.91. The minimum atomic E-state index is -2.25. The molecule has 1 radical (unpaired) electrons. The molecule has 6 heteroatoms. The smallest absolute Gasteiger partial charge is 0 e. The standard InChI is InChI=1S/C25H26NO.C22H23FGeN.Ir/c1-16(2)18-6-8-23-20(13-18)21-14-19(7-9-24(21)27-23)22-12-17(10-11-26-22)15-25(3,4)5;1-16(17-8-6-5-7-9-17)20-14-22(18-10-12-19(23)13-11-18)25-15-21(20)24(2,3)4;/h6,8-14,16H,15H2,1-5H3;5-10,12-16H,1-4H3;/q2*-1;/i15D2,16D;16D;. The molecule has 3 aromatic heterocycles. The van der Waals surface area contributed by atoms with E-state index in [1.807, 2.05) is 121 Å². The molecule has 53 heavy (non-hydrogen) atoms. The van der Waals surface area contributed by atoms with E-state index >= 15 is 0 Å². The van der Waals surface area contributed by atoms with Crippen LogP contribution in [0.4, 0.5) is 4.39 Å². The van der Waals surface area contributed by atoms with E-state index in [2.05, 4.69) is 39.4 Å². The van der Waals surface area contributed by atoms with Crippen LogP contribution in [-0.4, -0.2) is 23.2 Å². The Hall–Kier alpha value is -3.90. The van der Waals surface area contributed by atoms with Crippen LogP contribution in [0.2, 0.25) is 17.3 Å². The number of furan rings is 1. The average Bonchev–Trinajstić information content (AvgIpc) is 3.52. The molecule has 0 fully saturated rings. The second-order valence-corrected chi connectivity index (χ2v) is 26.1. The molecule has 0 N–H and O–H groups in total. The van der Waals surface area contributed by atoms with Gasteiger partial charge >= 0.3 is 154 Å². The van der Waals surface area contributed by atoms with Crippen molar-refractivity contribution >= 4 is 39.6 Å². The predicted octanol–water partition coefficient (Wildman–Crippen LogP) is 12.5. The van der Waals surface area contributed by atoms with Crippen molar-refractivity contribution in [2.45, 2.75) is 77.0 Å². The summed E-state index contributed by atoms with van der Waals surface area (Å²) in [5.74, 6) is 5.04. The SMILES string of the molecule is [2H]C(C)(C)c1ccc2oc3c[c-]c(-c4cc(C([2H])([2H])C(C)(C)C)ccn4)cc3c2c1.[2H]C(C)(c1ccccc1)c1cc(-c2[c-]cc(F)cc2)nc[c]1[Ge]([CH3])([CH3])[CH3].[Ir]. The van der Waals surface area contributed by atoms with Crippen molar-refractivity contribution in [1.29, 1.82) is 0 Å². The van der Waals surface area contributed by atoms with Gasteiger partial charge < -0.3 is 9.40 Å². The number of halogens is 1. The Balaban J connectivity index is 0.000000216. The van der Waals surface area contributed by atoms with Crippen LogP contribution in [0.15, 0.2) is 114 Å². The maximum absolute atomic E-state index is 13.2. The van der Waals surface area contributed by atoms with Gasteiger partial charge in [0.1, 0.15) is 5.58 Å². The number of pyridine rings is 2. The topological polar surface area (TPSA) is 38.9 Å². The molecular weight excluding hydrogens is 892 g/mol. The molecule has 3 heterocycles. The summed E-state index contributed by atoms with van der Waals surface area (Å²) in [4.78, 5) is 9.10. The fraction of sp³-hybridized carbons (Fsp3) is 0.277. The van der Waals surface area contributed by atoms with E-state index in [0.29, 0.717) is 11.3 Å². The molecule has 0 aliphatic heterocycles. The predicted molar refractivity (Wildman–Crippen MR) is 218 cm³/mol. The van der Waals surface area contributed by atoms with Gasteiger partial charge in [-0.15, -0.1) is 23.8 Å². The molecule has 1 unspecified atom stereocenters. The Morgan fingerprint density at radius 2 is 1.49 bits per heavy atom. The Morgan fingerprint density at radius 1 is 0.792 bits per heavy atom. The van der Waals surface area contributed by atoms with Gasteiger partial charge in [0, 0.05) is 35.8 Å². The fourth-order valence-electron chi connectivity index (χ4n) is 6.19. The zero-order valence-corrected chi connectivity index (χ0v) is 36.4. The zero-order chi connectivity index (χ0) is 40.8. The van der Waals surface area contributed by atoms with Gasteiger partial charge in [0.15, 0.2) is 0 Å². The molecule has 1 atom stereocenters. The monoisotopic (exact) mass is 947 g/mol. The summed E-state index contributed by atoms with van der Waals surface area (Å²) < 4.78 is 55.0. The fourth-order valence-corrected chi connectivity index (χ4v) is 9.38. The van der Waals surface area contributed by atoms with Gasteiger partial charge in [-0.1, -0.05) is 57.7 Å². The van der Waals surface area contributed by atoms with E-state index in [1.54, 1.807) is 18.3 Å². The molecule has 0 aliphatic rings. The molecule has 7 aromatic rings. The summed E-state index contributed by atoms with van der Waals surface area (Å²) >= 11 is -2.25. The van der Waals surface area contributed by atoms with E-state index in [-0.39, 0.29) is 25.9 Å². The minimum Gasteiger partial charge on any atom is 0 e. The van der Waals surface area contributed by atoms with Crippen molar-refractivity contribution in [3.63, 3.8) is 0 Å². The van der Waals surface area contributed by atoms with E-state index < -0.39 is 36.8 Å². The first-order chi connectivity index (χ1) is 26.1. The summed E-state index contributed by atoms with van der Waals surface area (Å²) in [6.45, 7) is 11.4. The molecule has 4 aromatic carbocycles. The summed E-state index contributed by atoms with van der Waals surface area (Å²) in [6.07, 6.45) is 2.09. The third kappa shape index (κ3) is 9.81. The summed E-state index contributed by atoms with van der Waals surface area (Å²) in [6, 6.07) is 35.7. The molecule has 0 spiro atoms. The number of hydrogen-bond donors (Lipinski definition) is 0. The first-order valence-corrected chi connectivity index (χ1v) is 25.0. The Kier molecular flexibility index (Phi) is 10.9. The van der Waals surface area contributed by atoms with Crippen LogP contribution in [-0.2, 0) is 26.5 Å². The van der Waals surface area contributed by atoms with Crippen molar-refractivity contribution in [1.82, 2.24) is 9.97 Å². The van der Waals surface area contributed by atoms with Crippen molar-refractivity contribution in [2.24, 2.45) is 5.41 Å². The van der Waals surface area contributed by atoms with Crippen molar-refractivity contribution < 1.29 is 34.4 Å². The first-order valence-electron chi connectivity index (χ1n) is 19.7. The van der Waals surface area contributed by atoms with Crippen molar-refractivity contribution in [3.05, 3.63) is 150 Å². The molecule has 0 amide bonds. The van der Waals surface area contributed by atoms with Gasteiger partial charge in [0.2, 0.25) is 0 Å². The van der Waals surface area contributed by atoms with E-state index in [1.165, 1.54) is 16.5 Å². The van der Waals surface area contributed by atoms with Crippen LogP contribution < -0.4 is 4.40 Å². The molecule has 275 valence electrons. The third-order valence-corrected chi connectivity index (χ3v) is 13.1. The van der Waals surface area contributed by atoms with Crippen LogP contribution >= 0.6 is 0 Å². The largest absolute Gasteiger partial charge is 0 e. The van der Waals surface area contributed by atoms with Crippen LogP contribution in [0, 0.1) is 23.4 Å². The first kappa shape index (κ1) is 34.8. The molecule has 0 bridgehead atoms. The quantitative estimate of drug-likeness (QED) is 0.118. The van der Waals surface area contributed by atoms with Crippen LogP contribution in [0.3, 0.4) is 0 Å². The van der Waals surface area contributed by atoms with Gasteiger partial charge in [-0.05, 0) is 47.1 Å².